The van der Waals surface area contributed by atoms with Gasteiger partial charge in [-0.15, -0.1) is 0 Å². The first-order valence-electron chi connectivity index (χ1n) is 6.69. The standard InChI is InChI=1S/C13H24N2O5/c1-8-5-15(6-9(7-16)20-8)12(19)14-10(11(17)18)13(2,3)4/h8-10,16H,5-7H2,1-4H3,(H,14,19)(H,17,18). The number of carbonyl (C=O) groups is 2. The quantitative estimate of drug-likeness (QED) is 0.692. The molecule has 0 bridgehead atoms. The summed E-state index contributed by atoms with van der Waals surface area (Å²) in [4.78, 5) is 24.9. The number of aliphatic carboxylic acids is 1. The molecular formula is C13H24N2O5. The van der Waals surface area contributed by atoms with Gasteiger partial charge in [0.1, 0.15) is 6.04 Å². The molecule has 3 N–H and O–H groups in total. The van der Waals surface area contributed by atoms with Crippen molar-refractivity contribution in [3.8, 4) is 0 Å². The van der Waals surface area contributed by atoms with Crippen molar-refractivity contribution in [1.29, 1.82) is 0 Å². The number of rotatable bonds is 3. The van der Waals surface area contributed by atoms with Crippen LogP contribution in [0.25, 0.3) is 0 Å². The molecule has 3 atom stereocenters. The maximum atomic E-state index is 12.2. The number of carbonyl (C=O) groups excluding carboxylic acids is 1. The lowest BCUT2D eigenvalue weighted by Gasteiger charge is -2.37. The molecule has 7 nitrogen and oxygen atoms in total. The summed E-state index contributed by atoms with van der Waals surface area (Å²) < 4.78 is 5.45. The lowest BCUT2D eigenvalue weighted by molar-refractivity contribution is -0.142. The van der Waals surface area contributed by atoms with Gasteiger partial charge in [0.2, 0.25) is 0 Å². The van der Waals surface area contributed by atoms with Gasteiger partial charge in [0, 0.05) is 6.54 Å². The molecule has 1 saturated heterocycles. The van der Waals surface area contributed by atoms with Crippen LogP contribution in [0, 0.1) is 5.41 Å². The van der Waals surface area contributed by atoms with Crippen LogP contribution in [0.4, 0.5) is 4.79 Å². The maximum Gasteiger partial charge on any atom is 0.326 e. The molecule has 7 heteroatoms. The van der Waals surface area contributed by atoms with Gasteiger partial charge in [0.15, 0.2) is 0 Å². The van der Waals surface area contributed by atoms with Crippen molar-refractivity contribution < 1.29 is 24.5 Å². The Bertz CT molecular complexity index is 366. The molecule has 116 valence electrons. The summed E-state index contributed by atoms with van der Waals surface area (Å²) in [6.07, 6.45) is -0.619. The van der Waals surface area contributed by atoms with Crippen molar-refractivity contribution in [2.24, 2.45) is 5.41 Å². The number of carboxylic acid groups (broad SMARTS) is 1. The average molecular weight is 288 g/mol. The minimum atomic E-state index is -1.06. The number of amides is 2. The third-order valence-electron chi connectivity index (χ3n) is 3.20. The van der Waals surface area contributed by atoms with E-state index in [1.165, 1.54) is 4.90 Å². The molecular weight excluding hydrogens is 264 g/mol. The second kappa shape index (κ2) is 6.41. The van der Waals surface area contributed by atoms with Gasteiger partial charge in [-0.3, -0.25) is 0 Å². The molecule has 3 unspecified atom stereocenters. The van der Waals surface area contributed by atoms with Crippen LogP contribution in [0.5, 0.6) is 0 Å². The molecule has 0 saturated carbocycles. The van der Waals surface area contributed by atoms with Crippen LogP contribution in [-0.4, -0.2) is 65.1 Å². The molecule has 1 aliphatic heterocycles. The fraction of sp³-hybridized carbons (Fsp3) is 0.846. The first kappa shape index (κ1) is 16.7. The van der Waals surface area contributed by atoms with E-state index in [2.05, 4.69) is 5.32 Å². The highest BCUT2D eigenvalue weighted by molar-refractivity contribution is 5.83. The van der Waals surface area contributed by atoms with Crippen LogP contribution in [0.2, 0.25) is 0 Å². The largest absolute Gasteiger partial charge is 0.480 e. The molecule has 2 amide bonds. The van der Waals surface area contributed by atoms with E-state index in [0.29, 0.717) is 6.54 Å². The van der Waals surface area contributed by atoms with Crippen molar-refractivity contribution in [2.75, 3.05) is 19.7 Å². The third-order valence-corrected chi connectivity index (χ3v) is 3.20. The highest BCUT2D eigenvalue weighted by Gasteiger charge is 2.35. The SMILES string of the molecule is CC1CN(C(=O)NC(C(=O)O)C(C)(C)C)CC(CO)O1. The van der Waals surface area contributed by atoms with Crippen molar-refractivity contribution in [3.63, 3.8) is 0 Å². The molecule has 0 aromatic rings. The van der Waals surface area contributed by atoms with Gasteiger partial charge < -0.3 is 25.2 Å². The topological polar surface area (TPSA) is 99.1 Å². The number of aliphatic hydroxyl groups is 1. The lowest BCUT2D eigenvalue weighted by atomic mass is 9.87. The fourth-order valence-electron chi connectivity index (χ4n) is 2.18. The molecule has 0 aliphatic carbocycles. The second-order valence-corrected chi connectivity index (χ2v) is 6.24. The summed E-state index contributed by atoms with van der Waals surface area (Å²) >= 11 is 0. The number of nitrogens with one attached hydrogen (secondary N) is 1. The monoisotopic (exact) mass is 288 g/mol. The Morgan fingerprint density at radius 1 is 1.40 bits per heavy atom. The van der Waals surface area contributed by atoms with Crippen LogP contribution in [0.1, 0.15) is 27.7 Å². The Morgan fingerprint density at radius 2 is 2.00 bits per heavy atom. The zero-order valence-corrected chi connectivity index (χ0v) is 12.4. The summed E-state index contributed by atoms with van der Waals surface area (Å²) in [6.45, 7) is 7.53. The van der Waals surface area contributed by atoms with Crippen LogP contribution < -0.4 is 5.32 Å². The molecule has 0 aromatic heterocycles. The van der Waals surface area contributed by atoms with Gasteiger partial charge in [0.05, 0.1) is 25.4 Å². The number of morpholine rings is 1. The normalized spacial score (nSPS) is 25.1. The highest BCUT2D eigenvalue weighted by atomic mass is 16.5. The predicted molar refractivity (Wildman–Crippen MR) is 72.4 cm³/mol. The van der Waals surface area contributed by atoms with Crippen molar-refractivity contribution >= 4 is 12.0 Å². The number of aliphatic hydroxyl groups excluding tert-OH is 1. The first-order chi connectivity index (χ1) is 9.15. The number of hydrogen-bond acceptors (Lipinski definition) is 4. The summed E-state index contributed by atoms with van der Waals surface area (Å²) in [7, 11) is 0. The number of urea groups is 1. The fourth-order valence-corrected chi connectivity index (χ4v) is 2.18. The van der Waals surface area contributed by atoms with E-state index in [-0.39, 0.29) is 19.3 Å². The van der Waals surface area contributed by atoms with E-state index >= 15 is 0 Å². The van der Waals surface area contributed by atoms with E-state index < -0.39 is 29.6 Å². The Balaban J connectivity index is 2.71. The van der Waals surface area contributed by atoms with Crippen molar-refractivity contribution in [3.05, 3.63) is 0 Å². The Kier molecular flexibility index (Phi) is 5.35. The van der Waals surface area contributed by atoms with E-state index in [9.17, 15) is 14.7 Å². The molecule has 20 heavy (non-hydrogen) atoms. The molecule has 1 rings (SSSR count). The van der Waals surface area contributed by atoms with Gasteiger partial charge in [-0.05, 0) is 12.3 Å². The molecule has 1 aliphatic rings. The van der Waals surface area contributed by atoms with E-state index in [0.717, 1.165) is 0 Å². The van der Waals surface area contributed by atoms with Gasteiger partial charge in [-0.25, -0.2) is 9.59 Å². The van der Waals surface area contributed by atoms with Crippen molar-refractivity contribution in [1.82, 2.24) is 10.2 Å². The Morgan fingerprint density at radius 3 is 2.45 bits per heavy atom. The summed E-state index contributed by atoms with van der Waals surface area (Å²) in [5, 5.41) is 20.9. The van der Waals surface area contributed by atoms with Gasteiger partial charge in [0.25, 0.3) is 0 Å². The maximum absolute atomic E-state index is 12.2. The molecule has 0 radical (unpaired) electrons. The number of hydrogen-bond donors (Lipinski definition) is 3. The summed E-state index contributed by atoms with van der Waals surface area (Å²) in [5.41, 5.74) is -0.588. The number of carboxylic acids is 1. The molecule has 0 aromatic carbocycles. The summed E-state index contributed by atoms with van der Waals surface area (Å²) in [5.74, 6) is -1.06. The smallest absolute Gasteiger partial charge is 0.326 e. The second-order valence-electron chi connectivity index (χ2n) is 6.24. The van der Waals surface area contributed by atoms with E-state index in [1.54, 1.807) is 27.7 Å². The minimum absolute atomic E-state index is 0.171. The highest BCUT2D eigenvalue weighted by Crippen LogP contribution is 2.20. The number of nitrogens with zero attached hydrogens (tertiary/aromatic N) is 1. The zero-order valence-electron chi connectivity index (χ0n) is 12.4. The Labute approximate surface area is 118 Å². The van der Waals surface area contributed by atoms with Crippen LogP contribution in [-0.2, 0) is 9.53 Å². The van der Waals surface area contributed by atoms with E-state index in [4.69, 9.17) is 9.84 Å². The van der Waals surface area contributed by atoms with Crippen LogP contribution >= 0.6 is 0 Å². The first-order valence-corrected chi connectivity index (χ1v) is 6.69. The predicted octanol–water partition coefficient (Wildman–Crippen LogP) is 0.277. The lowest BCUT2D eigenvalue weighted by Crippen LogP contribution is -2.58. The Hall–Kier alpha value is -1.34. The third kappa shape index (κ3) is 4.35. The zero-order chi connectivity index (χ0) is 15.5. The van der Waals surface area contributed by atoms with Crippen LogP contribution in [0.15, 0.2) is 0 Å². The van der Waals surface area contributed by atoms with Gasteiger partial charge in [-0.1, -0.05) is 20.8 Å². The molecule has 1 heterocycles. The number of ether oxygens (including phenoxy) is 1. The summed E-state index contributed by atoms with van der Waals surface area (Å²) in [6, 6.07) is -1.42. The van der Waals surface area contributed by atoms with E-state index in [1.807, 2.05) is 0 Å². The van der Waals surface area contributed by atoms with Gasteiger partial charge in [-0.2, -0.15) is 0 Å². The van der Waals surface area contributed by atoms with Gasteiger partial charge >= 0.3 is 12.0 Å². The average Bonchev–Trinajstić information content (AvgIpc) is 2.32. The molecule has 1 fully saturated rings. The minimum Gasteiger partial charge on any atom is -0.480 e. The molecule has 0 spiro atoms. The van der Waals surface area contributed by atoms with Crippen molar-refractivity contribution in [2.45, 2.75) is 45.9 Å². The van der Waals surface area contributed by atoms with Crippen LogP contribution in [0.3, 0.4) is 0 Å².